The van der Waals surface area contributed by atoms with E-state index in [1.165, 1.54) is 22.6 Å². The number of thiazole rings is 1. The Labute approximate surface area is 98.1 Å². The molecule has 0 aliphatic rings. The first-order valence-electron chi connectivity index (χ1n) is 4.96. The van der Waals surface area contributed by atoms with Gasteiger partial charge in [0.05, 0.1) is 15.7 Å². The Morgan fingerprint density at radius 2 is 2.40 bits per heavy atom. The van der Waals surface area contributed by atoms with Gasteiger partial charge in [-0.05, 0) is 36.6 Å². The number of benzene rings is 1. The summed E-state index contributed by atoms with van der Waals surface area (Å²) in [6, 6.07) is 6.34. The monoisotopic (exact) mass is 238 g/mol. The minimum absolute atomic E-state index is 1.05. The minimum atomic E-state index is 1.05. The molecule has 1 N–H and O–H groups in total. The van der Waals surface area contributed by atoms with Crippen molar-refractivity contribution in [1.29, 1.82) is 0 Å². The molecule has 1 heterocycles. The first kappa shape index (κ1) is 10.8. The molecule has 0 aliphatic heterocycles. The highest BCUT2D eigenvalue weighted by Crippen LogP contribution is 2.21. The van der Waals surface area contributed by atoms with Gasteiger partial charge in [0.2, 0.25) is 0 Å². The topological polar surface area (TPSA) is 24.9 Å². The summed E-state index contributed by atoms with van der Waals surface area (Å²) >= 11 is 3.58. The van der Waals surface area contributed by atoms with E-state index in [4.69, 9.17) is 0 Å². The maximum absolute atomic E-state index is 4.26. The number of fused-ring (bicyclic) bond motifs is 1. The molecule has 0 radical (unpaired) electrons. The number of nitrogens with zero attached hydrogens (tertiary/aromatic N) is 1. The molecule has 0 saturated heterocycles. The molecular weight excluding hydrogens is 224 g/mol. The fourth-order valence-corrected chi connectivity index (χ4v) is 2.56. The second-order valence-electron chi connectivity index (χ2n) is 3.31. The maximum Gasteiger partial charge on any atom is 0.0813 e. The lowest BCUT2D eigenvalue weighted by Gasteiger charge is -2.05. The normalized spacial score (nSPS) is 10.7. The number of thioether (sulfide) groups is 1. The van der Waals surface area contributed by atoms with Crippen LogP contribution >= 0.6 is 23.1 Å². The van der Waals surface area contributed by atoms with Crippen LogP contribution in [0.2, 0.25) is 0 Å². The second kappa shape index (κ2) is 5.37. The van der Waals surface area contributed by atoms with Crippen molar-refractivity contribution < 1.29 is 0 Å². The van der Waals surface area contributed by atoms with E-state index >= 15 is 0 Å². The van der Waals surface area contributed by atoms with Crippen LogP contribution in [0.4, 0.5) is 5.69 Å². The van der Waals surface area contributed by atoms with Crippen LogP contribution in [0.1, 0.15) is 6.42 Å². The van der Waals surface area contributed by atoms with Gasteiger partial charge in [-0.25, -0.2) is 4.98 Å². The van der Waals surface area contributed by atoms with E-state index < -0.39 is 0 Å². The van der Waals surface area contributed by atoms with Crippen LogP contribution in [0.25, 0.3) is 10.2 Å². The van der Waals surface area contributed by atoms with Gasteiger partial charge in [-0.2, -0.15) is 11.8 Å². The van der Waals surface area contributed by atoms with Crippen LogP contribution in [-0.2, 0) is 0 Å². The van der Waals surface area contributed by atoms with Crippen molar-refractivity contribution in [3.05, 3.63) is 23.7 Å². The predicted molar refractivity (Wildman–Crippen MR) is 71.1 cm³/mol. The van der Waals surface area contributed by atoms with Crippen LogP contribution in [-0.4, -0.2) is 23.5 Å². The minimum Gasteiger partial charge on any atom is -0.385 e. The van der Waals surface area contributed by atoms with Gasteiger partial charge < -0.3 is 5.32 Å². The molecule has 1 aromatic heterocycles. The molecule has 4 heteroatoms. The van der Waals surface area contributed by atoms with Crippen molar-refractivity contribution in [1.82, 2.24) is 4.98 Å². The Morgan fingerprint density at radius 3 is 3.27 bits per heavy atom. The van der Waals surface area contributed by atoms with Crippen molar-refractivity contribution >= 4 is 39.0 Å². The lowest BCUT2D eigenvalue weighted by molar-refractivity contribution is 0.994. The molecule has 0 spiro atoms. The third-order valence-electron chi connectivity index (χ3n) is 2.19. The summed E-state index contributed by atoms with van der Waals surface area (Å²) in [6.07, 6.45) is 3.35. The Balaban J connectivity index is 1.96. The van der Waals surface area contributed by atoms with Gasteiger partial charge >= 0.3 is 0 Å². The predicted octanol–water partition coefficient (Wildman–Crippen LogP) is 3.46. The van der Waals surface area contributed by atoms with E-state index in [2.05, 4.69) is 34.8 Å². The van der Waals surface area contributed by atoms with E-state index in [1.807, 2.05) is 17.3 Å². The van der Waals surface area contributed by atoms with Crippen LogP contribution in [0.3, 0.4) is 0 Å². The third kappa shape index (κ3) is 2.86. The lowest BCUT2D eigenvalue weighted by atomic mass is 10.3. The summed E-state index contributed by atoms with van der Waals surface area (Å²) in [4.78, 5) is 4.26. The highest BCUT2D eigenvalue weighted by Gasteiger charge is 1.97. The van der Waals surface area contributed by atoms with E-state index in [9.17, 15) is 0 Å². The molecule has 0 aliphatic carbocycles. The van der Waals surface area contributed by atoms with Gasteiger partial charge in [-0.1, -0.05) is 0 Å². The Bertz CT molecular complexity index is 425. The summed E-state index contributed by atoms with van der Waals surface area (Å²) < 4.78 is 1.25. The smallest absolute Gasteiger partial charge is 0.0813 e. The molecule has 2 nitrogen and oxygen atoms in total. The van der Waals surface area contributed by atoms with E-state index in [0.717, 1.165) is 12.1 Å². The highest BCUT2D eigenvalue weighted by atomic mass is 32.2. The zero-order valence-electron chi connectivity index (χ0n) is 8.69. The summed E-state index contributed by atoms with van der Waals surface area (Å²) in [5.41, 5.74) is 4.19. The van der Waals surface area contributed by atoms with Gasteiger partial charge in [-0.3, -0.25) is 0 Å². The van der Waals surface area contributed by atoms with E-state index in [-0.39, 0.29) is 0 Å². The first-order chi connectivity index (χ1) is 7.40. The fraction of sp³-hybridized carbons (Fsp3) is 0.364. The number of hydrogen-bond acceptors (Lipinski definition) is 4. The number of nitrogens with one attached hydrogen (secondary N) is 1. The second-order valence-corrected chi connectivity index (χ2v) is 5.18. The van der Waals surface area contributed by atoms with Gasteiger partial charge in [0.15, 0.2) is 0 Å². The van der Waals surface area contributed by atoms with Crippen LogP contribution in [0.5, 0.6) is 0 Å². The van der Waals surface area contributed by atoms with Crippen molar-refractivity contribution in [2.75, 3.05) is 23.9 Å². The number of aromatic nitrogens is 1. The number of rotatable bonds is 5. The average molecular weight is 238 g/mol. The summed E-state index contributed by atoms with van der Waals surface area (Å²) in [5, 5.41) is 3.43. The molecule has 1 aromatic carbocycles. The van der Waals surface area contributed by atoms with Crippen LogP contribution < -0.4 is 5.32 Å². The zero-order valence-corrected chi connectivity index (χ0v) is 10.3. The van der Waals surface area contributed by atoms with Crippen molar-refractivity contribution in [3.8, 4) is 0 Å². The molecular formula is C11H14N2S2. The standard InChI is InChI=1S/C11H14N2S2/c1-14-6-2-5-12-9-3-4-10-11(7-9)15-8-13-10/h3-4,7-8,12H,2,5-6H2,1H3. The quantitative estimate of drug-likeness (QED) is 0.807. The molecule has 2 aromatic rings. The van der Waals surface area contributed by atoms with Crippen LogP contribution in [0, 0.1) is 0 Å². The molecule has 0 atom stereocenters. The van der Waals surface area contributed by atoms with Gasteiger partial charge in [0.1, 0.15) is 0 Å². The molecule has 0 unspecified atom stereocenters. The SMILES string of the molecule is CSCCCNc1ccc2ncsc2c1. The third-order valence-corrected chi connectivity index (χ3v) is 3.67. The highest BCUT2D eigenvalue weighted by molar-refractivity contribution is 7.98. The Morgan fingerprint density at radius 1 is 1.47 bits per heavy atom. The largest absolute Gasteiger partial charge is 0.385 e. The molecule has 0 saturated carbocycles. The van der Waals surface area contributed by atoms with Crippen molar-refractivity contribution in [3.63, 3.8) is 0 Å². The summed E-state index contributed by atoms with van der Waals surface area (Å²) in [5.74, 6) is 1.22. The fourth-order valence-electron chi connectivity index (χ4n) is 1.41. The average Bonchev–Trinajstić information content (AvgIpc) is 2.71. The molecule has 0 fully saturated rings. The number of hydrogen-bond donors (Lipinski definition) is 1. The molecule has 15 heavy (non-hydrogen) atoms. The van der Waals surface area contributed by atoms with Gasteiger partial charge in [0, 0.05) is 12.2 Å². The zero-order chi connectivity index (χ0) is 10.5. The Kier molecular flexibility index (Phi) is 3.86. The summed E-state index contributed by atoms with van der Waals surface area (Å²) in [6.45, 7) is 1.05. The lowest BCUT2D eigenvalue weighted by Crippen LogP contribution is -2.01. The molecule has 0 amide bonds. The number of anilines is 1. The Hall–Kier alpha value is -0.740. The maximum atomic E-state index is 4.26. The first-order valence-corrected chi connectivity index (χ1v) is 7.23. The van der Waals surface area contributed by atoms with Crippen molar-refractivity contribution in [2.24, 2.45) is 0 Å². The van der Waals surface area contributed by atoms with Gasteiger partial charge in [0.25, 0.3) is 0 Å². The molecule has 2 rings (SSSR count). The van der Waals surface area contributed by atoms with E-state index in [0.29, 0.717) is 0 Å². The van der Waals surface area contributed by atoms with Crippen molar-refractivity contribution in [2.45, 2.75) is 6.42 Å². The van der Waals surface area contributed by atoms with E-state index in [1.54, 1.807) is 11.3 Å². The van der Waals surface area contributed by atoms with Gasteiger partial charge in [-0.15, -0.1) is 11.3 Å². The summed E-state index contributed by atoms with van der Waals surface area (Å²) in [7, 11) is 0. The molecule has 80 valence electrons. The molecule has 0 bridgehead atoms. The van der Waals surface area contributed by atoms with Crippen LogP contribution in [0.15, 0.2) is 23.7 Å².